The first kappa shape index (κ1) is 67.4. The Morgan fingerprint density at radius 3 is 0.696 bits per heavy atom. The number of pyridine rings is 6. The summed E-state index contributed by atoms with van der Waals surface area (Å²) in [4.78, 5) is 49.2. The van der Waals surface area contributed by atoms with E-state index in [9.17, 15) is 0 Å². The van der Waals surface area contributed by atoms with E-state index in [2.05, 4.69) is 247 Å². The number of hydrogen-bond donors (Lipinski definition) is 0. The monoisotopic (exact) mass is 1430 g/mol. The Morgan fingerprint density at radius 2 is 0.375 bits per heavy atom. The average molecular weight is 1430 g/mol. The van der Waals surface area contributed by atoms with Gasteiger partial charge in [-0.15, -0.1) is 0 Å². The van der Waals surface area contributed by atoms with Crippen LogP contribution in [0, 0.1) is 0 Å². The van der Waals surface area contributed by atoms with Crippen LogP contribution in [0.15, 0.2) is 401 Å². The van der Waals surface area contributed by atoms with Crippen molar-refractivity contribution in [2.75, 3.05) is 0 Å². The molecule has 524 valence electrons. The third kappa shape index (κ3) is 13.9. The molecule has 0 radical (unpaired) electrons. The Labute approximate surface area is 647 Å². The third-order valence-corrected chi connectivity index (χ3v) is 20.4. The molecule has 0 fully saturated rings. The molecule has 10 heteroatoms. The fourth-order valence-corrected chi connectivity index (χ4v) is 14.6. The second-order valence-corrected chi connectivity index (χ2v) is 27.5. The maximum absolute atomic E-state index is 5.26. The van der Waals surface area contributed by atoms with Gasteiger partial charge < -0.3 is 0 Å². The molecule has 0 saturated carbocycles. The standard InChI is InChI=1S/2C51H33N5/c1-4-10-37(11-5-1)45-26-24-42-32-44(43-25-27-46(38-12-6-2-7-13-38)54-50(43)49(42)53-45)36-20-16-34(17-21-36)35-18-22-41(23-19-35)51-55-47(39-14-8-3-9-15-39)33-48(56-51)40-28-30-52-31-29-40;1-4-10-37(11-5-1)45-26-24-42-32-44(43-25-27-46(38-12-6-2-7-13-38)54-50(43)49(42)53-45)36-20-16-34(17-21-36)35-18-22-40(23-19-35)48-33-47(39-14-8-3-9-15-39)55-51(56-48)41-28-30-52-31-29-41/h2*1-33H. The van der Waals surface area contributed by atoms with Crippen LogP contribution in [0.5, 0.6) is 0 Å². The molecule has 0 aliphatic carbocycles. The van der Waals surface area contributed by atoms with Crippen molar-refractivity contribution >= 4 is 43.6 Å². The number of fused-ring (bicyclic) bond motifs is 6. The van der Waals surface area contributed by atoms with Gasteiger partial charge in [-0.1, -0.05) is 291 Å². The second kappa shape index (κ2) is 30.2. The first-order valence-electron chi connectivity index (χ1n) is 37.3. The quantitative estimate of drug-likeness (QED) is 0.0971. The van der Waals surface area contributed by atoms with Gasteiger partial charge >= 0.3 is 0 Å². The van der Waals surface area contributed by atoms with Gasteiger partial charge in [0.25, 0.3) is 0 Å². The van der Waals surface area contributed by atoms with E-state index in [0.717, 1.165) is 189 Å². The number of rotatable bonds is 14. The number of hydrogen-bond acceptors (Lipinski definition) is 10. The van der Waals surface area contributed by atoms with Crippen molar-refractivity contribution in [3.05, 3.63) is 401 Å². The Kier molecular flexibility index (Phi) is 18.1. The minimum Gasteiger partial charge on any atom is -0.265 e. The van der Waals surface area contributed by atoms with E-state index < -0.39 is 0 Å². The topological polar surface area (TPSA) is 129 Å². The Bertz CT molecular complexity index is 6240. The van der Waals surface area contributed by atoms with Crippen LogP contribution < -0.4 is 0 Å². The Morgan fingerprint density at radius 1 is 0.143 bits per heavy atom. The van der Waals surface area contributed by atoms with Crippen LogP contribution in [-0.4, -0.2) is 49.8 Å². The highest BCUT2D eigenvalue weighted by Gasteiger charge is 2.19. The van der Waals surface area contributed by atoms with Crippen LogP contribution in [0.4, 0.5) is 0 Å². The van der Waals surface area contributed by atoms with Crippen molar-refractivity contribution in [3.8, 4) is 157 Å². The van der Waals surface area contributed by atoms with Gasteiger partial charge in [-0.05, 0) is 129 Å². The second-order valence-electron chi connectivity index (χ2n) is 27.5. The lowest BCUT2D eigenvalue weighted by Gasteiger charge is -2.13. The first-order chi connectivity index (χ1) is 55.5. The molecule has 20 rings (SSSR count). The van der Waals surface area contributed by atoms with Crippen LogP contribution in [0.2, 0.25) is 0 Å². The van der Waals surface area contributed by atoms with Crippen LogP contribution in [0.3, 0.4) is 0 Å². The van der Waals surface area contributed by atoms with E-state index in [0.29, 0.717) is 11.6 Å². The molecule has 0 spiro atoms. The van der Waals surface area contributed by atoms with Crippen molar-refractivity contribution in [1.29, 1.82) is 0 Å². The van der Waals surface area contributed by atoms with E-state index in [1.54, 1.807) is 24.8 Å². The highest BCUT2D eigenvalue weighted by atomic mass is 14.9. The van der Waals surface area contributed by atoms with E-state index in [1.165, 1.54) is 0 Å². The lowest BCUT2D eigenvalue weighted by atomic mass is 9.94. The summed E-state index contributed by atoms with van der Waals surface area (Å²) in [6, 6.07) is 130. The molecule has 0 saturated heterocycles. The lowest BCUT2D eigenvalue weighted by molar-refractivity contribution is 1.18. The molecule has 20 aromatic rings. The maximum Gasteiger partial charge on any atom is 0.160 e. The molecule has 10 nitrogen and oxygen atoms in total. The van der Waals surface area contributed by atoms with Crippen LogP contribution >= 0.6 is 0 Å². The Balaban J connectivity index is 0.000000151. The first-order valence-corrected chi connectivity index (χ1v) is 37.3. The molecule has 0 atom stereocenters. The van der Waals surface area contributed by atoms with Crippen molar-refractivity contribution in [1.82, 2.24) is 49.8 Å². The van der Waals surface area contributed by atoms with Crippen molar-refractivity contribution in [2.45, 2.75) is 0 Å². The number of benzene rings is 12. The zero-order valence-corrected chi connectivity index (χ0v) is 60.6. The molecule has 0 unspecified atom stereocenters. The summed E-state index contributed by atoms with van der Waals surface area (Å²) < 4.78 is 0. The molecular weight excluding hydrogens is 1370 g/mol. The zero-order valence-electron chi connectivity index (χ0n) is 60.6. The molecule has 112 heavy (non-hydrogen) atoms. The van der Waals surface area contributed by atoms with Gasteiger partial charge in [-0.2, -0.15) is 0 Å². The smallest absolute Gasteiger partial charge is 0.160 e. The van der Waals surface area contributed by atoms with Crippen molar-refractivity contribution in [2.24, 2.45) is 0 Å². The maximum atomic E-state index is 5.26. The SMILES string of the molecule is c1ccc(-c2cc(-c3ccc(-c4ccc(-c5cc6ccc(-c7ccccc7)nc6c6nc(-c7ccccc7)ccc56)cc4)cc3)nc(-c3ccncc3)n2)cc1.c1ccc(-c2cc(-c3ccncc3)nc(-c3ccc(-c4ccc(-c5cc6ccc(-c7ccccc7)nc6c6nc(-c7ccccc7)ccc56)cc4)cc3)n2)cc1. The van der Waals surface area contributed by atoms with Crippen LogP contribution in [0.1, 0.15) is 0 Å². The van der Waals surface area contributed by atoms with Gasteiger partial charge in [0, 0.05) is 102 Å². The lowest BCUT2D eigenvalue weighted by Crippen LogP contribution is -1.96. The predicted molar refractivity (Wildman–Crippen MR) is 457 cm³/mol. The van der Waals surface area contributed by atoms with Crippen molar-refractivity contribution in [3.63, 3.8) is 0 Å². The van der Waals surface area contributed by atoms with E-state index in [1.807, 2.05) is 140 Å². The van der Waals surface area contributed by atoms with Crippen LogP contribution in [0.25, 0.3) is 201 Å². The minimum atomic E-state index is 0.670. The predicted octanol–water partition coefficient (Wildman–Crippen LogP) is 25.3. The fraction of sp³-hybridized carbons (Fsp3) is 0. The molecule has 12 aromatic carbocycles. The van der Waals surface area contributed by atoms with E-state index >= 15 is 0 Å². The van der Waals surface area contributed by atoms with E-state index in [4.69, 9.17) is 39.9 Å². The summed E-state index contributed by atoms with van der Waals surface area (Å²) in [7, 11) is 0. The Hall–Kier alpha value is -15.3. The van der Waals surface area contributed by atoms with Gasteiger partial charge in [0.1, 0.15) is 0 Å². The molecule has 8 heterocycles. The molecule has 8 aromatic heterocycles. The molecule has 0 amide bonds. The average Bonchev–Trinajstić information content (AvgIpc) is 0.751. The highest BCUT2D eigenvalue weighted by molar-refractivity contribution is 6.13. The van der Waals surface area contributed by atoms with Crippen molar-refractivity contribution < 1.29 is 0 Å². The molecule has 0 aliphatic heterocycles. The van der Waals surface area contributed by atoms with Gasteiger partial charge in [0.05, 0.1) is 67.6 Å². The summed E-state index contributed by atoms with van der Waals surface area (Å²) in [6.45, 7) is 0. The van der Waals surface area contributed by atoms with Gasteiger partial charge in [0.2, 0.25) is 0 Å². The minimum absolute atomic E-state index is 0.670. The molecule has 0 N–H and O–H groups in total. The summed E-state index contributed by atoms with van der Waals surface area (Å²) >= 11 is 0. The summed E-state index contributed by atoms with van der Waals surface area (Å²) in [5.41, 5.74) is 30.0. The largest absolute Gasteiger partial charge is 0.265 e. The molecule has 0 aliphatic rings. The van der Waals surface area contributed by atoms with Gasteiger partial charge in [-0.3, -0.25) is 9.97 Å². The molecule has 0 bridgehead atoms. The molecular formula is C102H66N10. The summed E-state index contributed by atoms with van der Waals surface area (Å²) in [5.74, 6) is 1.35. The fourth-order valence-electron chi connectivity index (χ4n) is 14.6. The van der Waals surface area contributed by atoms with Gasteiger partial charge in [-0.25, -0.2) is 39.9 Å². The normalized spacial score (nSPS) is 11.2. The number of aromatic nitrogens is 10. The summed E-state index contributed by atoms with van der Waals surface area (Å²) in [5, 5.41) is 4.24. The third-order valence-electron chi connectivity index (χ3n) is 20.4. The van der Waals surface area contributed by atoms with Gasteiger partial charge in [0.15, 0.2) is 11.6 Å². The highest BCUT2D eigenvalue weighted by Crippen LogP contribution is 2.41. The van der Waals surface area contributed by atoms with Crippen LogP contribution in [-0.2, 0) is 0 Å². The summed E-state index contributed by atoms with van der Waals surface area (Å²) in [6.07, 6.45) is 7.12. The zero-order chi connectivity index (χ0) is 74.5. The number of nitrogens with zero attached hydrogens (tertiary/aromatic N) is 10. The van der Waals surface area contributed by atoms with E-state index in [-0.39, 0.29) is 0 Å².